The van der Waals surface area contributed by atoms with Crippen LogP contribution in [0, 0.1) is 6.92 Å². The van der Waals surface area contributed by atoms with Crippen molar-refractivity contribution in [2.45, 2.75) is 13.0 Å². The maximum absolute atomic E-state index is 12.3. The molecular weight excluding hydrogens is 380 g/mol. The van der Waals surface area contributed by atoms with Gasteiger partial charge in [0.05, 0.1) is 28.6 Å². The lowest BCUT2D eigenvalue weighted by molar-refractivity contribution is 0.0117. The number of rotatable bonds is 5. The van der Waals surface area contributed by atoms with Gasteiger partial charge in [0.2, 0.25) is 0 Å². The molecule has 0 bridgehead atoms. The second-order valence-electron chi connectivity index (χ2n) is 5.46. The summed E-state index contributed by atoms with van der Waals surface area (Å²) in [5.74, 6) is 1.70. The predicted octanol–water partition coefficient (Wildman–Crippen LogP) is 3.22. The standard InChI is InChI=1S/C16H19BrN2O3S/c1-11-2-3-14(22-11)13(19-4-6-21-7-5-19)9-18-16(20)12-8-15(17)23-10-12/h2-3,8,10,13H,4-7,9H2,1H3,(H,18,20)/t13-/m0/s1. The molecule has 124 valence electrons. The van der Waals surface area contributed by atoms with Crippen LogP contribution in [0.1, 0.15) is 27.9 Å². The van der Waals surface area contributed by atoms with E-state index in [9.17, 15) is 4.79 Å². The zero-order valence-corrected chi connectivity index (χ0v) is 15.3. The summed E-state index contributed by atoms with van der Waals surface area (Å²) in [4.78, 5) is 14.6. The average Bonchev–Trinajstić information content (AvgIpc) is 3.17. The molecule has 1 atom stereocenters. The molecule has 1 saturated heterocycles. The van der Waals surface area contributed by atoms with Gasteiger partial charge in [-0.2, -0.15) is 0 Å². The minimum absolute atomic E-state index is 0.0265. The first-order valence-corrected chi connectivity index (χ1v) is 9.21. The molecule has 2 aromatic heterocycles. The smallest absolute Gasteiger partial charge is 0.252 e. The molecule has 0 aromatic carbocycles. The van der Waals surface area contributed by atoms with E-state index in [1.54, 1.807) is 0 Å². The van der Waals surface area contributed by atoms with Crippen molar-refractivity contribution in [1.29, 1.82) is 0 Å². The Bertz CT molecular complexity index is 664. The van der Waals surface area contributed by atoms with Gasteiger partial charge in [-0.1, -0.05) is 0 Å². The maximum atomic E-state index is 12.3. The molecular formula is C16H19BrN2O3S. The third kappa shape index (κ3) is 4.23. The van der Waals surface area contributed by atoms with Gasteiger partial charge >= 0.3 is 0 Å². The van der Waals surface area contributed by atoms with Crippen molar-refractivity contribution in [3.05, 3.63) is 44.4 Å². The first kappa shape index (κ1) is 16.7. The van der Waals surface area contributed by atoms with E-state index in [1.165, 1.54) is 11.3 Å². The minimum Gasteiger partial charge on any atom is -0.465 e. The molecule has 1 amide bonds. The normalized spacial score (nSPS) is 17.1. The van der Waals surface area contributed by atoms with Crippen molar-refractivity contribution in [1.82, 2.24) is 10.2 Å². The van der Waals surface area contributed by atoms with Crippen LogP contribution in [-0.2, 0) is 4.74 Å². The molecule has 0 radical (unpaired) electrons. The Kier molecular flexibility index (Phi) is 5.53. The fourth-order valence-electron chi connectivity index (χ4n) is 2.65. The molecule has 0 unspecified atom stereocenters. The molecule has 1 fully saturated rings. The summed E-state index contributed by atoms with van der Waals surface area (Å²) in [5.41, 5.74) is 0.679. The van der Waals surface area contributed by atoms with Crippen molar-refractivity contribution < 1.29 is 13.9 Å². The lowest BCUT2D eigenvalue weighted by Gasteiger charge is -2.33. The lowest BCUT2D eigenvalue weighted by Crippen LogP contribution is -2.43. The van der Waals surface area contributed by atoms with Gasteiger partial charge in [0.15, 0.2) is 0 Å². The number of hydrogen-bond acceptors (Lipinski definition) is 5. The Morgan fingerprint density at radius 1 is 1.43 bits per heavy atom. The van der Waals surface area contributed by atoms with Gasteiger partial charge in [-0.25, -0.2) is 0 Å². The fourth-order valence-corrected chi connectivity index (χ4v) is 3.79. The van der Waals surface area contributed by atoms with E-state index in [1.807, 2.05) is 30.5 Å². The van der Waals surface area contributed by atoms with Crippen molar-refractivity contribution in [3.8, 4) is 0 Å². The Hall–Kier alpha value is -1.15. The molecule has 2 aromatic rings. The van der Waals surface area contributed by atoms with Crippen molar-refractivity contribution >= 4 is 33.2 Å². The summed E-state index contributed by atoms with van der Waals surface area (Å²) in [5, 5.41) is 4.87. The summed E-state index contributed by atoms with van der Waals surface area (Å²) in [6, 6.07) is 5.81. The fraction of sp³-hybridized carbons (Fsp3) is 0.438. The summed E-state index contributed by atoms with van der Waals surface area (Å²) >= 11 is 4.89. The average molecular weight is 399 g/mol. The molecule has 1 aliphatic heterocycles. The van der Waals surface area contributed by atoms with Crippen LogP contribution in [0.2, 0.25) is 0 Å². The van der Waals surface area contributed by atoms with Crippen molar-refractivity contribution in [2.24, 2.45) is 0 Å². The Morgan fingerprint density at radius 3 is 2.83 bits per heavy atom. The Labute approximate surface area is 147 Å². The van der Waals surface area contributed by atoms with E-state index in [4.69, 9.17) is 9.15 Å². The maximum Gasteiger partial charge on any atom is 0.252 e. The number of morpholine rings is 1. The molecule has 1 N–H and O–H groups in total. The monoisotopic (exact) mass is 398 g/mol. The second-order valence-corrected chi connectivity index (χ2v) is 7.75. The van der Waals surface area contributed by atoms with E-state index in [0.717, 1.165) is 28.4 Å². The third-order valence-electron chi connectivity index (χ3n) is 3.86. The SMILES string of the molecule is Cc1ccc([C@H](CNC(=O)c2csc(Br)c2)N2CCOCC2)o1. The topological polar surface area (TPSA) is 54.7 Å². The summed E-state index contributed by atoms with van der Waals surface area (Å²) in [6.07, 6.45) is 0. The van der Waals surface area contributed by atoms with E-state index in [0.29, 0.717) is 25.3 Å². The van der Waals surface area contributed by atoms with Gasteiger partial charge in [-0.3, -0.25) is 9.69 Å². The molecule has 0 saturated carbocycles. The first-order valence-electron chi connectivity index (χ1n) is 7.54. The highest BCUT2D eigenvalue weighted by Gasteiger charge is 2.25. The molecule has 23 heavy (non-hydrogen) atoms. The van der Waals surface area contributed by atoms with Crippen LogP contribution in [0.4, 0.5) is 0 Å². The van der Waals surface area contributed by atoms with Crippen LogP contribution >= 0.6 is 27.3 Å². The first-order chi connectivity index (χ1) is 11.1. The number of halogens is 1. The molecule has 0 aliphatic carbocycles. The van der Waals surface area contributed by atoms with Crippen LogP contribution in [0.5, 0.6) is 0 Å². The van der Waals surface area contributed by atoms with Gasteiger partial charge in [-0.05, 0) is 41.1 Å². The van der Waals surface area contributed by atoms with Crippen LogP contribution in [0.25, 0.3) is 0 Å². The number of carbonyl (C=O) groups excluding carboxylic acids is 1. The van der Waals surface area contributed by atoms with Crippen LogP contribution in [0.15, 0.2) is 31.8 Å². The second kappa shape index (κ2) is 7.61. The van der Waals surface area contributed by atoms with Gasteiger partial charge in [0.1, 0.15) is 11.5 Å². The molecule has 0 spiro atoms. The van der Waals surface area contributed by atoms with Crippen LogP contribution in [-0.4, -0.2) is 43.7 Å². The van der Waals surface area contributed by atoms with Gasteiger partial charge < -0.3 is 14.5 Å². The highest BCUT2D eigenvalue weighted by molar-refractivity contribution is 9.11. The number of nitrogens with zero attached hydrogens (tertiary/aromatic N) is 1. The highest BCUT2D eigenvalue weighted by atomic mass is 79.9. The lowest BCUT2D eigenvalue weighted by atomic mass is 10.1. The Balaban J connectivity index is 1.69. The largest absolute Gasteiger partial charge is 0.465 e. The minimum atomic E-state index is -0.0616. The molecule has 7 heteroatoms. The zero-order valence-electron chi connectivity index (χ0n) is 12.9. The summed E-state index contributed by atoms with van der Waals surface area (Å²) in [6.45, 7) is 5.54. The highest BCUT2D eigenvalue weighted by Crippen LogP contribution is 2.24. The van der Waals surface area contributed by atoms with E-state index in [-0.39, 0.29) is 11.9 Å². The quantitative estimate of drug-likeness (QED) is 0.839. The third-order valence-corrected chi connectivity index (χ3v) is 5.37. The predicted molar refractivity (Wildman–Crippen MR) is 92.9 cm³/mol. The van der Waals surface area contributed by atoms with Gasteiger partial charge in [-0.15, -0.1) is 11.3 Å². The number of hydrogen-bond donors (Lipinski definition) is 1. The van der Waals surface area contributed by atoms with Gasteiger partial charge in [0, 0.05) is 25.0 Å². The zero-order chi connectivity index (χ0) is 16.2. The van der Waals surface area contributed by atoms with E-state index < -0.39 is 0 Å². The molecule has 5 nitrogen and oxygen atoms in total. The summed E-state index contributed by atoms with van der Waals surface area (Å²) in [7, 11) is 0. The number of aryl methyl sites for hydroxylation is 1. The number of ether oxygens (including phenoxy) is 1. The van der Waals surface area contributed by atoms with Crippen LogP contribution in [0.3, 0.4) is 0 Å². The van der Waals surface area contributed by atoms with Crippen LogP contribution < -0.4 is 5.32 Å². The van der Waals surface area contributed by atoms with E-state index >= 15 is 0 Å². The molecule has 3 rings (SSSR count). The number of thiophene rings is 1. The number of furan rings is 1. The molecule has 1 aliphatic rings. The number of amides is 1. The number of nitrogens with one attached hydrogen (secondary N) is 1. The summed E-state index contributed by atoms with van der Waals surface area (Å²) < 4.78 is 12.2. The van der Waals surface area contributed by atoms with Gasteiger partial charge in [0.25, 0.3) is 5.91 Å². The van der Waals surface area contributed by atoms with Crippen molar-refractivity contribution in [3.63, 3.8) is 0 Å². The van der Waals surface area contributed by atoms with E-state index in [2.05, 4.69) is 26.1 Å². The molecule has 3 heterocycles. The Morgan fingerprint density at radius 2 is 2.22 bits per heavy atom. The van der Waals surface area contributed by atoms with Crippen molar-refractivity contribution in [2.75, 3.05) is 32.8 Å². The number of carbonyl (C=O) groups is 1.